The van der Waals surface area contributed by atoms with Crippen molar-refractivity contribution in [2.24, 2.45) is 0 Å². The molecule has 0 aliphatic carbocycles. The van der Waals surface area contributed by atoms with Crippen LogP contribution in [-0.2, 0) is 14.6 Å². The van der Waals surface area contributed by atoms with E-state index in [-0.39, 0.29) is 34.6 Å². The van der Waals surface area contributed by atoms with Gasteiger partial charge in [0.05, 0.1) is 23.1 Å². The van der Waals surface area contributed by atoms with Crippen molar-refractivity contribution in [3.63, 3.8) is 0 Å². The van der Waals surface area contributed by atoms with Gasteiger partial charge in [-0.05, 0) is 24.6 Å². The molecule has 0 saturated heterocycles. The van der Waals surface area contributed by atoms with Crippen LogP contribution >= 0.6 is 11.6 Å². The number of nitrogens with one attached hydrogen (secondary N) is 1. The zero-order valence-electron chi connectivity index (χ0n) is 11.6. The first-order valence-electron chi connectivity index (χ1n) is 6.32. The van der Waals surface area contributed by atoms with E-state index in [2.05, 4.69) is 5.32 Å². The molecule has 1 aromatic carbocycles. The van der Waals surface area contributed by atoms with Gasteiger partial charge in [-0.2, -0.15) is 0 Å². The fourth-order valence-electron chi connectivity index (χ4n) is 1.57. The molecule has 2 N–H and O–H groups in total. The number of ether oxygens (including phenoxy) is 1. The molecule has 118 valence electrons. The van der Waals surface area contributed by atoms with Crippen LogP contribution in [0.15, 0.2) is 23.1 Å². The number of hydrogen-bond donors (Lipinski definition) is 2. The molecule has 0 bridgehead atoms. The molecular formula is C13H18ClNO5S. The van der Waals surface area contributed by atoms with E-state index in [1.165, 1.54) is 18.2 Å². The predicted octanol–water partition coefficient (Wildman–Crippen LogP) is 0.872. The average molecular weight is 336 g/mol. The summed E-state index contributed by atoms with van der Waals surface area (Å²) in [5.41, 5.74) is 0.233. The highest BCUT2D eigenvalue weighted by atomic mass is 35.5. The van der Waals surface area contributed by atoms with Crippen molar-refractivity contribution >= 4 is 27.3 Å². The maximum Gasteiger partial charge on any atom is 0.251 e. The van der Waals surface area contributed by atoms with E-state index < -0.39 is 9.84 Å². The number of amides is 1. The van der Waals surface area contributed by atoms with Crippen molar-refractivity contribution in [1.29, 1.82) is 0 Å². The summed E-state index contributed by atoms with van der Waals surface area (Å²) in [5.74, 6) is -0.376. The lowest BCUT2D eigenvalue weighted by atomic mass is 10.2. The Morgan fingerprint density at radius 2 is 2.10 bits per heavy atom. The van der Waals surface area contributed by atoms with E-state index in [1.54, 1.807) is 0 Å². The predicted molar refractivity (Wildman–Crippen MR) is 79.4 cm³/mol. The summed E-state index contributed by atoms with van der Waals surface area (Å²) in [6, 6.07) is 4.11. The quantitative estimate of drug-likeness (QED) is 0.688. The van der Waals surface area contributed by atoms with Crippen LogP contribution in [0, 0.1) is 0 Å². The highest BCUT2D eigenvalue weighted by molar-refractivity contribution is 7.90. The SMILES string of the molecule is CS(=O)(=O)c1cc(C(=O)NCCCOCCO)ccc1Cl. The Morgan fingerprint density at radius 3 is 2.71 bits per heavy atom. The van der Waals surface area contributed by atoms with Crippen molar-refractivity contribution in [1.82, 2.24) is 5.32 Å². The number of benzene rings is 1. The van der Waals surface area contributed by atoms with Crippen molar-refractivity contribution in [3.8, 4) is 0 Å². The normalized spacial score (nSPS) is 11.4. The second-order valence-corrected chi connectivity index (χ2v) is 6.75. The number of rotatable bonds is 8. The smallest absolute Gasteiger partial charge is 0.251 e. The van der Waals surface area contributed by atoms with Crippen LogP contribution in [0.3, 0.4) is 0 Å². The lowest BCUT2D eigenvalue weighted by molar-refractivity contribution is 0.0867. The molecule has 0 aromatic heterocycles. The standard InChI is InChI=1S/C13H18ClNO5S/c1-21(18,19)12-9-10(3-4-11(12)14)13(17)15-5-2-7-20-8-6-16/h3-4,9,16H,2,5-8H2,1H3,(H,15,17). The first-order valence-corrected chi connectivity index (χ1v) is 8.59. The maximum atomic E-state index is 11.9. The molecule has 0 atom stereocenters. The summed E-state index contributed by atoms with van der Waals surface area (Å²) in [4.78, 5) is 11.8. The third kappa shape index (κ3) is 6.01. The minimum atomic E-state index is -3.48. The van der Waals surface area contributed by atoms with Crippen LogP contribution in [0.2, 0.25) is 5.02 Å². The van der Waals surface area contributed by atoms with Gasteiger partial charge in [0.1, 0.15) is 0 Å². The molecule has 0 saturated carbocycles. The van der Waals surface area contributed by atoms with E-state index in [0.717, 1.165) is 6.26 Å². The van der Waals surface area contributed by atoms with Crippen LogP contribution in [-0.4, -0.2) is 52.1 Å². The number of sulfone groups is 1. The zero-order chi connectivity index (χ0) is 15.9. The first kappa shape index (κ1) is 17.9. The van der Waals surface area contributed by atoms with Gasteiger partial charge in [0.2, 0.25) is 0 Å². The van der Waals surface area contributed by atoms with Gasteiger partial charge in [-0.25, -0.2) is 8.42 Å². The number of carbonyl (C=O) groups excluding carboxylic acids is 1. The Hall–Kier alpha value is -1.15. The van der Waals surface area contributed by atoms with Crippen molar-refractivity contribution in [3.05, 3.63) is 28.8 Å². The monoisotopic (exact) mass is 335 g/mol. The van der Waals surface area contributed by atoms with Crippen molar-refractivity contribution < 1.29 is 23.1 Å². The number of aliphatic hydroxyl groups is 1. The molecule has 1 amide bonds. The summed E-state index contributed by atoms with van der Waals surface area (Å²) in [7, 11) is -3.48. The molecule has 6 nitrogen and oxygen atoms in total. The van der Waals surface area contributed by atoms with Gasteiger partial charge in [-0.15, -0.1) is 0 Å². The van der Waals surface area contributed by atoms with Gasteiger partial charge >= 0.3 is 0 Å². The molecule has 1 rings (SSSR count). The summed E-state index contributed by atoms with van der Waals surface area (Å²) in [6.07, 6.45) is 1.63. The molecule has 0 heterocycles. The maximum absolute atomic E-state index is 11.9. The lowest BCUT2D eigenvalue weighted by Crippen LogP contribution is -2.25. The largest absolute Gasteiger partial charge is 0.394 e. The molecule has 0 spiro atoms. The van der Waals surface area contributed by atoms with Crippen LogP contribution in [0.4, 0.5) is 0 Å². The molecule has 0 unspecified atom stereocenters. The molecule has 0 aliphatic rings. The van der Waals surface area contributed by atoms with E-state index in [1.807, 2.05) is 0 Å². The van der Waals surface area contributed by atoms with Gasteiger partial charge in [0.25, 0.3) is 5.91 Å². The molecular weight excluding hydrogens is 318 g/mol. The van der Waals surface area contributed by atoms with Gasteiger partial charge < -0.3 is 15.2 Å². The minimum Gasteiger partial charge on any atom is -0.394 e. The van der Waals surface area contributed by atoms with E-state index in [0.29, 0.717) is 19.6 Å². The third-order valence-electron chi connectivity index (χ3n) is 2.58. The summed E-state index contributed by atoms with van der Waals surface area (Å²) in [6.45, 7) is 1.05. The highest BCUT2D eigenvalue weighted by Crippen LogP contribution is 2.22. The molecule has 0 radical (unpaired) electrons. The van der Waals surface area contributed by atoms with E-state index >= 15 is 0 Å². The molecule has 21 heavy (non-hydrogen) atoms. The Kier molecular flexibility index (Phi) is 7.10. The van der Waals surface area contributed by atoms with Gasteiger partial charge in [-0.1, -0.05) is 11.6 Å². The number of carbonyl (C=O) groups is 1. The number of aliphatic hydroxyl groups excluding tert-OH is 1. The number of halogens is 1. The average Bonchev–Trinajstić information content (AvgIpc) is 2.41. The Bertz CT molecular complexity index is 588. The zero-order valence-corrected chi connectivity index (χ0v) is 13.2. The van der Waals surface area contributed by atoms with Gasteiger partial charge in [-0.3, -0.25) is 4.79 Å². The fourth-order valence-corrected chi connectivity index (χ4v) is 2.87. The van der Waals surface area contributed by atoms with Crippen molar-refractivity contribution in [2.45, 2.75) is 11.3 Å². The summed E-state index contributed by atoms with van der Waals surface area (Å²) in [5, 5.41) is 11.3. The molecule has 8 heteroatoms. The van der Waals surface area contributed by atoms with E-state index in [4.69, 9.17) is 21.4 Å². The Balaban J connectivity index is 2.59. The van der Waals surface area contributed by atoms with Crippen LogP contribution in [0.5, 0.6) is 0 Å². The minimum absolute atomic E-state index is 0.0363. The van der Waals surface area contributed by atoms with Crippen molar-refractivity contribution in [2.75, 3.05) is 32.6 Å². The van der Waals surface area contributed by atoms with Crippen LogP contribution in [0.25, 0.3) is 0 Å². The van der Waals surface area contributed by atoms with Gasteiger partial charge in [0, 0.05) is 25.0 Å². The fraction of sp³-hybridized carbons (Fsp3) is 0.462. The molecule has 0 fully saturated rings. The Morgan fingerprint density at radius 1 is 1.38 bits per heavy atom. The highest BCUT2D eigenvalue weighted by Gasteiger charge is 2.15. The first-order chi connectivity index (χ1) is 9.86. The topological polar surface area (TPSA) is 92.7 Å². The lowest BCUT2D eigenvalue weighted by Gasteiger charge is -2.08. The second kappa shape index (κ2) is 8.33. The molecule has 1 aromatic rings. The van der Waals surface area contributed by atoms with Crippen LogP contribution < -0.4 is 5.32 Å². The third-order valence-corrected chi connectivity index (χ3v) is 4.16. The Labute approximate surface area is 129 Å². The number of hydrogen-bond acceptors (Lipinski definition) is 5. The van der Waals surface area contributed by atoms with Gasteiger partial charge in [0.15, 0.2) is 9.84 Å². The summed E-state index contributed by atoms with van der Waals surface area (Å²) >= 11 is 5.81. The molecule has 0 aliphatic heterocycles. The van der Waals surface area contributed by atoms with E-state index in [9.17, 15) is 13.2 Å². The second-order valence-electron chi connectivity index (χ2n) is 4.36. The summed E-state index contributed by atoms with van der Waals surface area (Å²) < 4.78 is 28.1. The van der Waals surface area contributed by atoms with Crippen LogP contribution in [0.1, 0.15) is 16.8 Å².